The molecule has 2 rings (SSSR count). The lowest BCUT2D eigenvalue weighted by Crippen LogP contribution is -2.26. The minimum atomic E-state index is -0.175. The van der Waals surface area contributed by atoms with E-state index in [1.165, 1.54) is 5.57 Å². The second-order valence-electron chi connectivity index (χ2n) is 4.70. The summed E-state index contributed by atoms with van der Waals surface area (Å²) in [6, 6.07) is 0. The monoisotopic (exact) mass is 225 g/mol. The first-order valence-corrected chi connectivity index (χ1v) is 6.30. The van der Waals surface area contributed by atoms with Gasteiger partial charge in [-0.3, -0.25) is 14.9 Å². The summed E-state index contributed by atoms with van der Waals surface area (Å²) in [5, 5.41) is 2.36. The highest BCUT2D eigenvalue weighted by Crippen LogP contribution is 2.41. The molecule has 0 spiro atoms. The summed E-state index contributed by atoms with van der Waals surface area (Å²) in [5.74, 6) is 1.70. The Bertz CT molecular complexity index is 358. The summed E-state index contributed by atoms with van der Waals surface area (Å²) in [6.07, 6.45) is 1.36. The molecule has 2 aliphatic rings. The first-order chi connectivity index (χ1) is 7.00. The second kappa shape index (κ2) is 3.67. The van der Waals surface area contributed by atoms with E-state index in [0.717, 1.165) is 23.5 Å². The third-order valence-corrected chi connectivity index (χ3v) is 4.15. The number of rotatable bonds is 0. The first kappa shape index (κ1) is 10.7. The highest BCUT2D eigenvalue weighted by molar-refractivity contribution is 7.99. The molecule has 0 bridgehead atoms. The van der Waals surface area contributed by atoms with E-state index in [2.05, 4.69) is 19.2 Å². The number of carbonyl (C=O) groups is 2. The maximum atomic E-state index is 11.6. The van der Waals surface area contributed by atoms with Crippen molar-refractivity contribution in [2.45, 2.75) is 26.7 Å². The summed E-state index contributed by atoms with van der Waals surface area (Å²) in [6.45, 7) is 4.32. The van der Waals surface area contributed by atoms with Crippen molar-refractivity contribution >= 4 is 23.6 Å². The molecule has 2 fully saturated rings. The summed E-state index contributed by atoms with van der Waals surface area (Å²) in [7, 11) is 0. The van der Waals surface area contributed by atoms with E-state index in [1.54, 1.807) is 0 Å². The number of thioether (sulfide) groups is 1. The van der Waals surface area contributed by atoms with Crippen molar-refractivity contribution in [3.63, 3.8) is 0 Å². The summed E-state index contributed by atoms with van der Waals surface area (Å²) in [5.41, 5.74) is 1.96. The molecule has 15 heavy (non-hydrogen) atoms. The molecule has 4 heteroatoms. The highest BCUT2D eigenvalue weighted by Gasteiger charge is 2.35. The van der Waals surface area contributed by atoms with Crippen LogP contribution in [0.4, 0.5) is 0 Å². The normalized spacial score (nSPS) is 30.5. The van der Waals surface area contributed by atoms with Gasteiger partial charge in [-0.2, -0.15) is 11.8 Å². The predicted octanol–water partition coefficient (Wildman–Crippen LogP) is 1.49. The fourth-order valence-electron chi connectivity index (χ4n) is 2.07. The van der Waals surface area contributed by atoms with Crippen molar-refractivity contribution in [2.24, 2.45) is 5.41 Å². The third kappa shape index (κ3) is 1.95. The van der Waals surface area contributed by atoms with Crippen molar-refractivity contribution in [2.75, 3.05) is 11.5 Å². The Morgan fingerprint density at radius 1 is 1.33 bits per heavy atom. The average molecular weight is 225 g/mol. The van der Waals surface area contributed by atoms with Gasteiger partial charge in [0.25, 0.3) is 5.91 Å². The van der Waals surface area contributed by atoms with Gasteiger partial charge in [0.1, 0.15) is 0 Å². The van der Waals surface area contributed by atoms with Gasteiger partial charge in [-0.15, -0.1) is 0 Å². The van der Waals surface area contributed by atoms with E-state index in [4.69, 9.17) is 0 Å². The standard InChI is InChI=1S/C11H15NO2S/c1-11(2)3-4-15-6-8(11)7-5-9(13)12-10(7)14/h3-6H2,1-2H3,(H,12,13,14). The van der Waals surface area contributed by atoms with Crippen LogP contribution in [-0.4, -0.2) is 23.3 Å². The van der Waals surface area contributed by atoms with Crippen LogP contribution < -0.4 is 5.32 Å². The molecule has 2 aliphatic heterocycles. The molecular weight excluding hydrogens is 210 g/mol. The lowest BCUT2D eigenvalue weighted by Gasteiger charge is -2.33. The minimum Gasteiger partial charge on any atom is -0.292 e. The van der Waals surface area contributed by atoms with E-state index >= 15 is 0 Å². The van der Waals surface area contributed by atoms with Gasteiger partial charge >= 0.3 is 0 Å². The molecule has 0 aromatic carbocycles. The third-order valence-electron chi connectivity index (χ3n) is 3.16. The number of hydrogen-bond donors (Lipinski definition) is 1. The Morgan fingerprint density at radius 3 is 2.60 bits per heavy atom. The van der Waals surface area contributed by atoms with E-state index < -0.39 is 0 Å². The fourth-order valence-corrected chi connectivity index (χ4v) is 3.64. The molecule has 0 aliphatic carbocycles. The molecule has 0 atom stereocenters. The van der Waals surface area contributed by atoms with Crippen LogP contribution in [0.25, 0.3) is 0 Å². The smallest absolute Gasteiger partial charge is 0.254 e. The van der Waals surface area contributed by atoms with Gasteiger partial charge in [0.15, 0.2) is 0 Å². The molecule has 0 unspecified atom stereocenters. The van der Waals surface area contributed by atoms with Gasteiger partial charge in [-0.1, -0.05) is 13.8 Å². The van der Waals surface area contributed by atoms with Crippen molar-refractivity contribution in [3.8, 4) is 0 Å². The van der Waals surface area contributed by atoms with Crippen LogP contribution in [-0.2, 0) is 9.59 Å². The summed E-state index contributed by atoms with van der Waals surface area (Å²) < 4.78 is 0. The van der Waals surface area contributed by atoms with Crippen molar-refractivity contribution < 1.29 is 9.59 Å². The van der Waals surface area contributed by atoms with Crippen molar-refractivity contribution in [3.05, 3.63) is 11.1 Å². The first-order valence-electron chi connectivity index (χ1n) is 5.15. The van der Waals surface area contributed by atoms with Crippen LogP contribution in [0.3, 0.4) is 0 Å². The Kier molecular flexibility index (Phi) is 2.63. The van der Waals surface area contributed by atoms with E-state index in [0.29, 0.717) is 0 Å². The molecule has 0 aromatic rings. The quantitative estimate of drug-likeness (QED) is 0.502. The zero-order valence-electron chi connectivity index (χ0n) is 9.05. The molecular formula is C11H15NO2S. The summed E-state index contributed by atoms with van der Waals surface area (Å²) >= 11 is 1.85. The van der Waals surface area contributed by atoms with Crippen LogP contribution in [0.1, 0.15) is 26.7 Å². The van der Waals surface area contributed by atoms with Crippen molar-refractivity contribution in [1.29, 1.82) is 0 Å². The van der Waals surface area contributed by atoms with Crippen molar-refractivity contribution in [1.82, 2.24) is 5.32 Å². The van der Waals surface area contributed by atoms with Crippen LogP contribution in [0, 0.1) is 5.41 Å². The molecule has 1 N–H and O–H groups in total. The number of carbonyl (C=O) groups excluding carboxylic acids is 2. The van der Waals surface area contributed by atoms with Crippen LogP contribution >= 0.6 is 11.8 Å². The van der Waals surface area contributed by atoms with E-state index in [-0.39, 0.29) is 23.7 Å². The zero-order chi connectivity index (χ0) is 11.1. The lowest BCUT2D eigenvalue weighted by molar-refractivity contribution is -0.124. The Labute approximate surface area is 93.7 Å². The highest BCUT2D eigenvalue weighted by atomic mass is 32.2. The largest absolute Gasteiger partial charge is 0.292 e. The Balaban J connectivity index is 2.38. The maximum Gasteiger partial charge on any atom is 0.254 e. The molecule has 0 radical (unpaired) electrons. The van der Waals surface area contributed by atoms with Crippen LogP contribution in [0.2, 0.25) is 0 Å². The SMILES string of the molecule is CC1(C)CCSCC1=C1CC(=O)NC1=O. The Hall–Kier alpha value is -0.770. The molecule has 82 valence electrons. The Morgan fingerprint density at radius 2 is 2.07 bits per heavy atom. The molecule has 2 heterocycles. The maximum absolute atomic E-state index is 11.6. The van der Waals surface area contributed by atoms with Crippen LogP contribution in [0.15, 0.2) is 11.1 Å². The average Bonchev–Trinajstić information content (AvgIpc) is 2.44. The van der Waals surface area contributed by atoms with Gasteiger partial charge in [-0.25, -0.2) is 0 Å². The van der Waals surface area contributed by atoms with Gasteiger partial charge < -0.3 is 0 Å². The number of amides is 2. The molecule has 2 amide bonds. The lowest BCUT2D eigenvalue weighted by atomic mass is 9.79. The molecule has 0 saturated carbocycles. The van der Waals surface area contributed by atoms with E-state index in [1.807, 2.05) is 11.8 Å². The fraction of sp³-hybridized carbons (Fsp3) is 0.636. The van der Waals surface area contributed by atoms with E-state index in [9.17, 15) is 9.59 Å². The van der Waals surface area contributed by atoms with Gasteiger partial charge in [0.2, 0.25) is 5.91 Å². The predicted molar refractivity (Wildman–Crippen MR) is 60.5 cm³/mol. The van der Waals surface area contributed by atoms with Gasteiger partial charge in [0.05, 0.1) is 6.42 Å². The zero-order valence-corrected chi connectivity index (χ0v) is 9.87. The number of nitrogens with one attached hydrogen (secondary N) is 1. The molecule has 2 saturated heterocycles. The number of imide groups is 1. The molecule has 0 aromatic heterocycles. The molecule has 3 nitrogen and oxygen atoms in total. The second-order valence-corrected chi connectivity index (χ2v) is 5.80. The topological polar surface area (TPSA) is 46.2 Å². The number of hydrogen-bond acceptors (Lipinski definition) is 3. The van der Waals surface area contributed by atoms with Crippen LogP contribution in [0.5, 0.6) is 0 Å². The minimum absolute atomic E-state index is 0.0720. The van der Waals surface area contributed by atoms with Gasteiger partial charge in [0, 0.05) is 11.3 Å². The summed E-state index contributed by atoms with van der Waals surface area (Å²) in [4.78, 5) is 22.7. The van der Waals surface area contributed by atoms with Gasteiger partial charge in [-0.05, 0) is 23.2 Å².